The Morgan fingerprint density at radius 3 is 2.46 bits per heavy atom. The minimum atomic E-state index is -0.823. The van der Waals surface area contributed by atoms with Crippen LogP contribution in [0.5, 0.6) is 0 Å². The zero-order chi connectivity index (χ0) is 18.5. The van der Waals surface area contributed by atoms with Gasteiger partial charge >= 0.3 is 18.0 Å². The molecule has 8 heteroatoms. The summed E-state index contributed by atoms with van der Waals surface area (Å²) in [6.45, 7) is 10.5. The number of hydrogen-bond acceptors (Lipinski definition) is 6. The molecular weight excluding hydrogens is 332 g/mol. The third kappa shape index (κ3) is 5.84. The standard InChI is InChI=1S/C16H24N2O5S/c1-7-22-14(20)11-9(2)8-24-12(11)18-15(21)17-10(3)13(19)23-16(4,5)6/h8,10H,7H2,1-6H3,(H2,17,18,21). The number of urea groups is 1. The van der Waals surface area contributed by atoms with Crippen LogP contribution < -0.4 is 10.6 Å². The first-order valence-corrected chi connectivity index (χ1v) is 8.48. The molecule has 1 atom stereocenters. The van der Waals surface area contributed by atoms with E-state index in [-0.39, 0.29) is 6.61 Å². The fraction of sp³-hybridized carbons (Fsp3) is 0.562. The van der Waals surface area contributed by atoms with Gasteiger partial charge in [0.05, 0.1) is 12.2 Å². The molecule has 2 amide bonds. The maximum atomic E-state index is 12.1. The molecule has 1 heterocycles. The van der Waals surface area contributed by atoms with Gasteiger partial charge in [0.15, 0.2) is 0 Å². The molecule has 0 spiro atoms. The fourth-order valence-corrected chi connectivity index (χ4v) is 2.70. The molecule has 7 nitrogen and oxygen atoms in total. The predicted molar refractivity (Wildman–Crippen MR) is 92.5 cm³/mol. The number of nitrogens with one attached hydrogen (secondary N) is 2. The van der Waals surface area contributed by atoms with Crippen molar-refractivity contribution in [3.63, 3.8) is 0 Å². The lowest BCUT2D eigenvalue weighted by Crippen LogP contribution is -2.44. The monoisotopic (exact) mass is 356 g/mol. The van der Waals surface area contributed by atoms with Gasteiger partial charge in [-0.1, -0.05) is 0 Å². The summed E-state index contributed by atoms with van der Waals surface area (Å²) < 4.78 is 10.2. The topological polar surface area (TPSA) is 93.7 Å². The molecule has 0 fully saturated rings. The van der Waals surface area contributed by atoms with Gasteiger partial charge in [0.2, 0.25) is 0 Å². The van der Waals surface area contributed by atoms with E-state index in [4.69, 9.17) is 9.47 Å². The molecular formula is C16H24N2O5S. The first kappa shape index (κ1) is 20.0. The minimum absolute atomic E-state index is 0.245. The summed E-state index contributed by atoms with van der Waals surface area (Å²) in [5.74, 6) is -1.03. The molecule has 0 aliphatic rings. The van der Waals surface area contributed by atoms with E-state index in [1.165, 1.54) is 18.3 Å². The zero-order valence-corrected chi connectivity index (χ0v) is 15.6. The van der Waals surface area contributed by atoms with Crippen molar-refractivity contribution in [2.45, 2.75) is 53.2 Å². The Morgan fingerprint density at radius 2 is 1.92 bits per heavy atom. The van der Waals surface area contributed by atoms with Crippen LogP contribution in [-0.4, -0.2) is 36.2 Å². The summed E-state index contributed by atoms with van der Waals surface area (Å²) in [6.07, 6.45) is 0. The van der Waals surface area contributed by atoms with Crippen molar-refractivity contribution in [1.29, 1.82) is 0 Å². The molecule has 1 rings (SSSR count). The first-order chi connectivity index (χ1) is 11.0. The molecule has 0 radical (unpaired) electrons. The van der Waals surface area contributed by atoms with Crippen molar-refractivity contribution in [3.8, 4) is 0 Å². The SMILES string of the molecule is CCOC(=O)c1c(C)csc1NC(=O)NC(C)C(=O)OC(C)(C)C. The predicted octanol–water partition coefficient (Wildman–Crippen LogP) is 3.08. The Morgan fingerprint density at radius 1 is 1.29 bits per heavy atom. The second kappa shape index (κ2) is 8.14. The average Bonchev–Trinajstić information content (AvgIpc) is 2.77. The number of rotatable bonds is 5. The van der Waals surface area contributed by atoms with E-state index in [1.807, 2.05) is 0 Å². The highest BCUT2D eigenvalue weighted by Crippen LogP contribution is 2.28. The number of ether oxygens (including phenoxy) is 2. The highest BCUT2D eigenvalue weighted by molar-refractivity contribution is 7.15. The van der Waals surface area contributed by atoms with Crippen LogP contribution in [0.25, 0.3) is 0 Å². The molecule has 0 saturated heterocycles. The molecule has 1 unspecified atom stereocenters. The van der Waals surface area contributed by atoms with Crippen LogP contribution in [0.15, 0.2) is 5.38 Å². The number of esters is 2. The number of carbonyl (C=O) groups is 3. The van der Waals surface area contributed by atoms with Crippen molar-refractivity contribution in [2.24, 2.45) is 0 Å². The van der Waals surface area contributed by atoms with Crippen LogP contribution in [0.1, 0.15) is 50.5 Å². The Kier molecular flexibility index (Phi) is 6.77. The van der Waals surface area contributed by atoms with Gasteiger partial charge in [0.25, 0.3) is 0 Å². The largest absolute Gasteiger partial charge is 0.462 e. The second-order valence-electron chi connectivity index (χ2n) is 6.20. The Hall–Kier alpha value is -2.09. The van der Waals surface area contributed by atoms with E-state index in [1.54, 1.807) is 40.0 Å². The summed E-state index contributed by atoms with van der Waals surface area (Å²) >= 11 is 1.22. The van der Waals surface area contributed by atoms with Crippen molar-refractivity contribution < 1.29 is 23.9 Å². The van der Waals surface area contributed by atoms with E-state index >= 15 is 0 Å². The van der Waals surface area contributed by atoms with Gasteiger partial charge in [-0.2, -0.15) is 0 Å². The van der Waals surface area contributed by atoms with Crippen LogP contribution >= 0.6 is 11.3 Å². The number of hydrogen-bond donors (Lipinski definition) is 2. The molecule has 24 heavy (non-hydrogen) atoms. The van der Waals surface area contributed by atoms with Crippen molar-refractivity contribution in [1.82, 2.24) is 5.32 Å². The molecule has 0 aliphatic heterocycles. The number of thiophene rings is 1. The van der Waals surface area contributed by atoms with E-state index in [0.29, 0.717) is 16.1 Å². The van der Waals surface area contributed by atoms with Crippen LogP contribution in [-0.2, 0) is 14.3 Å². The number of carbonyl (C=O) groups excluding carboxylic acids is 3. The fourth-order valence-electron chi connectivity index (χ4n) is 1.78. The van der Waals surface area contributed by atoms with Crippen LogP contribution in [0.2, 0.25) is 0 Å². The summed E-state index contributed by atoms with van der Waals surface area (Å²) in [5, 5.41) is 7.19. The first-order valence-electron chi connectivity index (χ1n) is 7.60. The molecule has 0 aliphatic carbocycles. The number of aryl methyl sites for hydroxylation is 1. The van der Waals surface area contributed by atoms with E-state index < -0.39 is 29.6 Å². The van der Waals surface area contributed by atoms with Gasteiger partial charge < -0.3 is 14.8 Å². The van der Waals surface area contributed by atoms with Gasteiger partial charge in [-0.3, -0.25) is 5.32 Å². The summed E-state index contributed by atoms with van der Waals surface area (Å²) in [7, 11) is 0. The highest BCUT2D eigenvalue weighted by Gasteiger charge is 2.24. The number of amides is 2. The lowest BCUT2D eigenvalue weighted by Gasteiger charge is -2.22. The lowest BCUT2D eigenvalue weighted by molar-refractivity contribution is -0.156. The lowest BCUT2D eigenvalue weighted by atomic mass is 10.2. The minimum Gasteiger partial charge on any atom is -0.462 e. The van der Waals surface area contributed by atoms with E-state index in [2.05, 4.69) is 10.6 Å². The highest BCUT2D eigenvalue weighted by atomic mass is 32.1. The van der Waals surface area contributed by atoms with Crippen LogP contribution in [0.4, 0.5) is 9.80 Å². The molecule has 1 aromatic heterocycles. The van der Waals surface area contributed by atoms with Crippen molar-refractivity contribution >= 4 is 34.3 Å². The van der Waals surface area contributed by atoms with Gasteiger partial charge in [0, 0.05) is 0 Å². The van der Waals surface area contributed by atoms with Crippen LogP contribution in [0.3, 0.4) is 0 Å². The van der Waals surface area contributed by atoms with Gasteiger partial charge in [0.1, 0.15) is 16.6 Å². The molecule has 1 aromatic rings. The molecule has 0 aromatic carbocycles. The second-order valence-corrected chi connectivity index (χ2v) is 7.08. The third-order valence-electron chi connectivity index (χ3n) is 2.79. The Bertz CT molecular complexity index is 618. The Labute approximate surface area is 145 Å². The average molecular weight is 356 g/mol. The van der Waals surface area contributed by atoms with Crippen LogP contribution in [0, 0.1) is 6.92 Å². The van der Waals surface area contributed by atoms with Gasteiger partial charge in [-0.15, -0.1) is 11.3 Å². The number of anilines is 1. The zero-order valence-electron chi connectivity index (χ0n) is 14.8. The van der Waals surface area contributed by atoms with E-state index in [9.17, 15) is 14.4 Å². The summed E-state index contributed by atoms with van der Waals surface area (Å²) in [5.41, 5.74) is 0.404. The molecule has 0 bridgehead atoms. The van der Waals surface area contributed by atoms with Gasteiger partial charge in [-0.25, -0.2) is 14.4 Å². The summed E-state index contributed by atoms with van der Waals surface area (Å²) in [6, 6.07) is -1.42. The molecule has 0 saturated carbocycles. The molecule has 2 N–H and O–H groups in total. The summed E-state index contributed by atoms with van der Waals surface area (Å²) in [4.78, 5) is 35.9. The Balaban J connectivity index is 2.72. The van der Waals surface area contributed by atoms with Crippen molar-refractivity contribution in [3.05, 3.63) is 16.5 Å². The smallest absolute Gasteiger partial charge is 0.341 e. The normalized spacial score (nSPS) is 12.2. The van der Waals surface area contributed by atoms with Crippen molar-refractivity contribution in [2.75, 3.05) is 11.9 Å². The third-order valence-corrected chi connectivity index (χ3v) is 3.80. The van der Waals surface area contributed by atoms with Gasteiger partial charge in [-0.05, 0) is 52.5 Å². The molecule has 134 valence electrons. The maximum absolute atomic E-state index is 12.1. The quantitative estimate of drug-likeness (QED) is 0.791. The maximum Gasteiger partial charge on any atom is 0.341 e. The van der Waals surface area contributed by atoms with E-state index in [0.717, 1.165) is 0 Å².